The molecule has 0 aliphatic carbocycles. The Bertz CT molecular complexity index is 146. The average Bonchev–Trinajstić information content (AvgIpc) is 1.85. The van der Waals surface area contributed by atoms with Crippen LogP contribution in [0.4, 0.5) is 13.2 Å². The summed E-state index contributed by atoms with van der Waals surface area (Å²) >= 11 is 2.62. The van der Waals surface area contributed by atoms with Crippen molar-refractivity contribution in [3.05, 3.63) is 0 Å². The Hall–Kier alpha value is -0.300. The molecule has 0 aliphatic heterocycles. The molecular weight excluding hydrogens is 233 g/mol. The number of alkyl halides is 4. The molecule has 0 saturated heterocycles. The Labute approximate surface area is 68.3 Å². The molecule has 0 aliphatic rings. The van der Waals surface area contributed by atoms with Gasteiger partial charge in [-0.25, -0.2) is 4.79 Å². The predicted octanol–water partition coefficient (Wildman–Crippen LogP) is 0.805. The number of aliphatic hydroxyl groups is 1. The molecule has 0 spiro atoms. The quantitative estimate of drug-likeness (QED) is 0.439. The van der Waals surface area contributed by atoms with E-state index < -0.39 is 18.4 Å². The highest BCUT2D eigenvalue weighted by Crippen LogP contribution is 2.17. The SMILES string of the molecule is O=C(OC(O)CBr)C(F)(F)F. The topological polar surface area (TPSA) is 46.5 Å². The maximum Gasteiger partial charge on any atom is 0.491 e. The first-order valence-electron chi connectivity index (χ1n) is 2.39. The van der Waals surface area contributed by atoms with Crippen molar-refractivity contribution in [2.24, 2.45) is 0 Å². The molecule has 0 aromatic heterocycles. The lowest BCUT2D eigenvalue weighted by atomic mass is 10.6. The highest BCUT2D eigenvalue weighted by Gasteiger charge is 2.41. The van der Waals surface area contributed by atoms with Gasteiger partial charge in [-0.3, -0.25) is 0 Å². The fraction of sp³-hybridized carbons (Fsp3) is 0.750. The van der Waals surface area contributed by atoms with Gasteiger partial charge in [-0.05, 0) is 0 Å². The van der Waals surface area contributed by atoms with E-state index in [-0.39, 0.29) is 5.33 Å². The number of ether oxygens (including phenoxy) is 1. The highest BCUT2D eigenvalue weighted by atomic mass is 79.9. The zero-order valence-corrected chi connectivity index (χ0v) is 6.65. The summed E-state index contributed by atoms with van der Waals surface area (Å²) < 4.78 is 37.5. The van der Waals surface area contributed by atoms with Crippen LogP contribution < -0.4 is 0 Å². The van der Waals surface area contributed by atoms with Gasteiger partial charge in [0.2, 0.25) is 6.29 Å². The van der Waals surface area contributed by atoms with E-state index in [0.29, 0.717) is 0 Å². The Kier molecular flexibility index (Phi) is 3.81. The third kappa shape index (κ3) is 4.20. The molecule has 0 bridgehead atoms. The first-order valence-corrected chi connectivity index (χ1v) is 3.52. The van der Waals surface area contributed by atoms with E-state index in [1.165, 1.54) is 0 Å². The second kappa shape index (κ2) is 3.91. The molecule has 1 N–H and O–H groups in total. The molecule has 0 aromatic rings. The fourth-order valence-electron chi connectivity index (χ4n) is 0.222. The van der Waals surface area contributed by atoms with Crippen LogP contribution in [0.15, 0.2) is 0 Å². The summed E-state index contributed by atoms with van der Waals surface area (Å²) in [6.07, 6.45) is -6.81. The molecule has 66 valence electrons. The number of halogens is 4. The number of carbonyl (C=O) groups excluding carboxylic acids is 1. The summed E-state index contributed by atoms with van der Waals surface area (Å²) in [6.45, 7) is 0. The number of hydrogen-bond acceptors (Lipinski definition) is 3. The summed E-state index contributed by atoms with van der Waals surface area (Å²) in [4.78, 5) is 9.91. The Balaban J connectivity index is 3.88. The van der Waals surface area contributed by atoms with Crippen molar-refractivity contribution in [1.82, 2.24) is 0 Å². The molecule has 0 radical (unpaired) electrons. The van der Waals surface area contributed by atoms with Crippen LogP contribution in [-0.4, -0.2) is 28.9 Å². The molecule has 0 amide bonds. The van der Waals surface area contributed by atoms with Crippen LogP contribution in [0.5, 0.6) is 0 Å². The Morgan fingerprint density at radius 3 is 2.36 bits per heavy atom. The number of aliphatic hydroxyl groups excluding tert-OH is 1. The van der Waals surface area contributed by atoms with Crippen LogP contribution in [-0.2, 0) is 9.53 Å². The summed E-state index contributed by atoms with van der Waals surface area (Å²) in [6, 6.07) is 0. The summed E-state index contributed by atoms with van der Waals surface area (Å²) in [7, 11) is 0. The Morgan fingerprint density at radius 1 is 1.64 bits per heavy atom. The van der Waals surface area contributed by atoms with Crippen LogP contribution in [0, 0.1) is 0 Å². The Morgan fingerprint density at radius 2 is 2.09 bits per heavy atom. The molecule has 0 rings (SSSR count). The molecule has 11 heavy (non-hydrogen) atoms. The maximum atomic E-state index is 11.3. The lowest BCUT2D eigenvalue weighted by Crippen LogP contribution is -2.30. The van der Waals surface area contributed by atoms with Gasteiger partial charge in [0.05, 0.1) is 5.33 Å². The molecule has 7 heteroatoms. The van der Waals surface area contributed by atoms with Gasteiger partial charge in [0, 0.05) is 0 Å². The van der Waals surface area contributed by atoms with E-state index in [0.717, 1.165) is 0 Å². The van der Waals surface area contributed by atoms with Gasteiger partial charge >= 0.3 is 12.1 Å². The maximum absolute atomic E-state index is 11.3. The molecule has 0 heterocycles. The van der Waals surface area contributed by atoms with E-state index in [2.05, 4.69) is 20.7 Å². The molecule has 3 nitrogen and oxygen atoms in total. The van der Waals surface area contributed by atoms with Crippen LogP contribution in [0.2, 0.25) is 0 Å². The van der Waals surface area contributed by atoms with E-state index in [4.69, 9.17) is 5.11 Å². The van der Waals surface area contributed by atoms with Crippen molar-refractivity contribution in [2.45, 2.75) is 12.5 Å². The third-order valence-electron chi connectivity index (χ3n) is 0.607. The summed E-state index contributed by atoms with van der Waals surface area (Å²) in [5, 5.41) is 8.15. The minimum Gasteiger partial charge on any atom is -0.428 e. The van der Waals surface area contributed by atoms with E-state index in [9.17, 15) is 18.0 Å². The highest BCUT2D eigenvalue weighted by molar-refractivity contribution is 9.09. The first kappa shape index (κ1) is 10.7. The standard InChI is InChI=1S/C4H4BrF3O3/c5-1-2(9)11-3(10)4(6,7)8/h2,9H,1H2. The monoisotopic (exact) mass is 236 g/mol. The zero-order valence-electron chi connectivity index (χ0n) is 5.06. The summed E-state index contributed by atoms with van der Waals surface area (Å²) in [5.74, 6) is -2.40. The van der Waals surface area contributed by atoms with Crippen molar-refractivity contribution < 1.29 is 27.8 Å². The largest absolute Gasteiger partial charge is 0.491 e. The van der Waals surface area contributed by atoms with Gasteiger partial charge in [0.15, 0.2) is 0 Å². The number of esters is 1. The second-order valence-corrected chi connectivity index (χ2v) is 2.16. The van der Waals surface area contributed by atoms with Crippen LogP contribution in [0.25, 0.3) is 0 Å². The minimum atomic E-state index is -5.05. The van der Waals surface area contributed by atoms with Crippen molar-refractivity contribution in [3.8, 4) is 0 Å². The smallest absolute Gasteiger partial charge is 0.428 e. The molecule has 0 saturated carbocycles. The van der Waals surface area contributed by atoms with E-state index in [1.54, 1.807) is 0 Å². The average molecular weight is 237 g/mol. The number of carbonyl (C=O) groups is 1. The fourth-order valence-corrected chi connectivity index (χ4v) is 0.354. The molecule has 1 unspecified atom stereocenters. The lowest BCUT2D eigenvalue weighted by Gasteiger charge is -2.09. The van der Waals surface area contributed by atoms with Gasteiger partial charge in [-0.15, -0.1) is 0 Å². The van der Waals surface area contributed by atoms with Gasteiger partial charge in [0.1, 0.15) is 0 Å². The van der Waals surface area contributed by atoms with Crippen LogP contribution in [0.1, 0.15) is 0 Å². The van der Waals surface area contributed by atoms with Crippen molar-refractivity contribution in [1.29, 1.82) is 0 Å². The van der Waals surface area contributed by atoms with Crippen molar-refractivity contribution in [2.75, 3.05) is 5.33 Å². The van der Waals surface area contributed by atoms with Gasteiger partial charge in [-0.1, -0.05) is 15.9 Å². The summed E-state index contributed by atoms with van der Waals surface area (Å²) in [5.41, 5.74) is 0. The number of rotatable bonds is 2. The normalized spacial score (nSPS) is 14.3. The van der Waals surface area contributed by atoms with E-state index >= 15 is 0 Å². The molecular formula is C4H4BrF3O3. The number of hydrogen-bond donors (Lipinski definition) is 1. The lowest BCUT2D eigenvalue weighted by molar-refractivity contribution is -0.216. The molecule has 1 atom stereocenters. The predicted molar refractivity (Wildman–Crippen MR) is 31.9 cm³/mol. The van der Waals surface area contributed by atoms with Crippen molar-refractivity contribution in [3.63, 3.8) is 0 Å². The van der Waals surface area contributed by atoms with Gasteiger partial charge in [-0.2, -0.15) is 13.2 Å². The van der Waals surface area contributed by atoms with Crippen LogP contribution >= 0.6 is 15.9 Å². The second-order valence-electron chi connectivity index (χ2n) is 1.51. The van der Waals surface area contributed by atoms with Crippen molar-refractivity contribution >= 4 is 21.9 Å². The van der Waals surface area contributed by atoms with Gasteiger partial charge in [0.25, 0.3) is 0 Å². The minimum absolute atomic E-state index is 0.255. The third-order valence-corrected chi connectivity index (χ3v) is 1.16. The van der Waals surface area contributed by atoms with E-state index in [1.807, 2.05) is 0 Å². The zero-order chi connectivity index (χ0) is 9.07. The molecule has 0 fully saturated rings. The van der Waals surface area contributed by atoms with Crippen LogP contribution in [0.3, 0.4) is 0 Å². The van der Waals surface area contributed by atoms with Gasteiger partial charge < -0.3 is 9.84 Å². The first-order chi connectivity index (χ1) is 4.88. The molecule has 0 aromatic carbocycles.